The summed E-state index contributed by atoms with van der Waals surface area (Å²) in [5.41, 5.74) is 2.10. The van der Waals surface area contributed by atoms with Crippen LogP contribution in [0.5, 0.6) is 0 Å². The van der Waals surface area contributed by atoms with E-state index in [1.807, 2.05) is 6.92 Å². The maximum atomic E-state index is 14.4. The van der Waals surface area contributed by atoms with Gasteiger partial charge < -0.3 is 5.32 Å². The van der Waals surface area contributed by atoms with Crippen LogP contribution in [0.3, 0.4) is 0 Å². The maximum absolute atomic E-state index is 14.4. The molecule has 1 atom stereocenters. The Morgan fingerprint density at radius 3 is 2.61 bits per heavy atom. The van der Waals surface area contributed by atoms with Gasteiger partial charge >= 0.3 is 0 Å². The highest BCUT2D eigenvalue weighted by Gasteiger charge is 2.21. The third-order valence-electron chi connectivity index (χ3n) is 4.06. The van der Waals surface area contributed by atoms with Gasteiger partial charge in [-0.1, -0.05) is 17.7 Å². The Bertz CT molecular complexity index is 1020. The fraction of sp³-hybridized carbons (Fsp3) is 0.158. The van der Waals surface area contributed by atoms with Crippen LogP contribution in [-0.4, -0.2) is 24.4 Å². The molecule has 7 nitrogen and oxygen atoms in total. The van der Waals surface area contributed by atoms with Gasteiger partial charge in [-0.05, 0) is 37.3 Å². The molecule has 3 aromatic rings. The fourth-order valence-electron chi connectivity index (χ4n) is 2.65. The summed E-state index contributed by atoms with van der Waals surface area (Å²) in [7, 11) is 1.77. The number of carbonyl (C=O) groups is 1. The molecule has 146 valence electrons. The highest BCUT2D eigenvalue weighted by Crippen LogP contribution is 2.30. The second kappa shape index (κ2) is 8.32. The van der Waals surface area contributed by atoms with Gasteiger partial charge in [0.1, 0.15) is 5.82 Å². The van der Waals surface area contributed by atoms with E-state index in [4.69, 9.17) is 0 Å². The van der Waals surface area contributed by atoms with Crippen LogP contribution in [0.4, 0.5) is 15.8 Å². The van der Waals surface area contributed by atoms with Crippen molar-refractivity contribution >= 4 is 28.5 Å². The van der Waals surface area contributed by atoms with Crippen molar-refractivity contribution in [1.82, 2.24) is 15.1 Å². The molecule has 0 radical (unpaired) electrons. The number of carbonyl (C=O) groups excluding carboxylic acids is 1. The lowest BCUT2D eigenvalue weighted by Gasteiger charge is -2.21. The van der Waals surface area contributed by atoms with Gasteiger partial charge in [-0.3, -0.25) is 14.0 Å². The molecule has 0 saturated carbocycles. The van der Waals surface area contributed by atoms with Crippen molar-refractivity contribution in [3.8, 4) is 0 Å². The summed E-state index contributed by atoms with van der Waals surface area (Å²) in [4.78, 5) is 12.4. The average molecular weight is 402 g/mol. The van der Waals surface area contributed by atoms with Crippen molar-refractivity contribution in [2.45, 2.75) is 13.5 Å². The lowest BCUT2D eigenvalue weighted by molar-refractivity contribution is 0.0951. The summed E-state index contributed by atoms with van der Waals surface area (Å²) in [5.74, 6) is -1.15. The van der Waals surface area contributed by atoms with Crippen LogP contribution in [-0.2, 0) is 24.9 Å². The minimum atomic E-state index is -2.52. The lowest BCUT2D eigenvalue weighted by atomic mass is 10.1. The number of halogens is 1. The third-order valence-corrected chi connectivity index (χ3v) is 4.78. The molecule has 0 aliphatic heterocycles. The van der Waals surface area contributed by atoms with E-state index >= 15 is 0 Å². The van der Waals surface area contributed by atoms with E-state index in [1.54, 1.807) is 48.4 Å². The highest BCUT2D eigenvalue weighted by molar-refractivity contribution is 7.81. The fourth-order valence-corrected chi connectivity index (χ4v) is 3.26. The zero-order chi connectivity index (χ0) is 20.3. The molecule has 0 aliphatic carbocycles. The summed E-state index contributed by atoms with van der Waals surface area (Å²) in [6, 6.07) is 10.4. The minimum absolute atomic E-state index is 0.168. The predicted octanol–water partition coefficient (Wildman–Crippen LogP) is 3.07. The van der Waals surface area contributed by atoms with Crippen molar-refractivity contribution in [3.63, 3.8) is 0 Å². The molecular formula is C19H19FN4O3S. The van der Waals surface area contributed by atoms with Gasteiger partial charge in [-0.25, -0.2) is 12.9 Å². The van der Waals surface area contributed by atoms with Gasteiger partial charge in [-0.15, -0.1) is 0 Å². The van der Waals surface area contributed by atoms with E-state index in [0.717, 1.165) is 21.5 Å². The Balaban J connectivity index is 1.87. The smallest absolute Gasteiger partial charge is 0.266 e. The number of rotatable bonds is 6. The highest BCUT2D eigenvalue weighted by atomic mass is 32.2. The maximum Gasteiger partial charge on any atom is 0.266 e. The van der Waals surface area contributed by atoms with E-state index in [-0.39, 0.29) is 17.8 Å². The molecule has 9 heteroatoms. The van der Waals surface area contributed by atoms with Crippen LogP contribution in [0.15, 0.2) is 54.9 Å². The second-order valence-corrected chi connectivity index (χ2v) is 7.06. The van der Waals surface area contributed by atoms with Crippen LogP contribution >= 0.6 is 0 Å². The molecule has 1 amide bonds. The SMILES string of the molecule is Cc1ccc(N(c2cc(C(=O)NCc3cnn(C)c3)ccc2F)S(=O)O)cc1. The van der Waals surface area contributed by atoms with Gasteiger partial charge in [0.15, 0.2) is 0 Å². The van der Waals surface area contributed by atoms with Crippen molar-refractivity contribution in [1.29, 1.82) is 0 Å². The zero-order valence-corrected chi connectivity index (χ0v) is 16.1. The van der Waals surface area contributed by atoms with Gasteiger partial charge in [0, 0.05) is 30.9 Å². The summed E-state index contributed by atoms with van der Waals surface area (Å²) < 4.78 is 38.6. The molecule has 1 heterocycles. The van der Waals surface area contributed by atoms with Crippen LogP contribution in [0.25, 0.3) is 0 Å². The Morgan fingerprint density at radius 1 is 1.29 bits per heavy atom. The van der Waals surface area contributed by atoms with Gasteiger partial charge in [0.2, 0.25) is 0 Å². The molecule has 1 aromatic heterocycles. The average Bonchev–Trinajstić information content (AvgIpc) is 3.08. The number of hydrogen-bond acceptors (Lipinski definition) is 3. The first-order chi connectivity index (χ1) is 13.3. The van der Waals surface area contributed by atoms with Crippen LogP contribution < -0.4 is 9.62 Å². The Kier molecular flexibility index (Phi) is 5.86. The van der Waals surface area contributed by atoms with E-state index in [1.165, 1.54) is 12.1 Å². The lowest BCUT2D eigenvalue weighted by Crippen LogP contribution is -2.24. The number of amides is 1. The summed E-state index contributed by atoms with van der Waals surface area (Å²) in [6.45, 7) is 2.13. The van der Waals surface area contributed by atoms with E-state index in [0.29, 0.717) is 5.69 Å². The molecule has 28 heavy (non-hydrogen) atoms. The molecule has 2 aromatic carbocycles. The molecule has 0 aliphatic rings. The second-order valence-electron chi connectivity index (χ2n) is 6.23. The van der Waals surface area contributed by atoms with Gasteiger partial charge in [0.25, 0.3) is 17.2 Å². The van der Waals surface area contributed by atoms with Gasteiger partial charge in [-0.2, -0.15) is 5.10 Å². The van der Waals surface area contributed by atoms with Crippen molar-refractivity contribution in [2.24, 2.45) is 7.05 Å². The third kappa shape index (κ3) is 4.44. The number of hydrogen-bond donors (Lipinski definition) is 2. The largest absolute Gasteiger partial charge is 0.348 e. The summed E-state index contributed by atoms with van der Waals surface area (Å²) in [5, 5.41) is 6.74. The Labute approximate surface area is 164 Å². The quantitative estimate of drug-likeness (QED) is 0.621. The molecule has 0 spiro atoms. The monoisotopic (exact) mass is 402 g/mol. The van der Waals surface area contributed by atoms with E-state index in [9.17, 15) is 17.9 Å². The first-order valence-corrected chi connectivity index (χ1v) is 9.44. The molecular weight excluding hydrogens is 383 g/mol. The minimum Gasteiger partial charge on any atom is -0.348 e. The number of nitrogens with one attached hydrogen (secondary N) is 1. The van der Waals surface area contributed by atoms with Gasteiger partial charge in [0.05, 0.1) is 17.6 Å². The van der Waals surface area contributed by atoms with Crippen molar-refractivity contribution in [2.75, 3.05) is 4.31 Å². The van der Waals surface area contributed by atoms with Crippen LogP contribution in [0, 0.1) is 12.7 Å². The number of nitrogens with zero attached hydrogens (tertiary/aromatic N) is 3. The molecule has 3 rings (SSSR count). The number of aromatic nitrogens is 2. The van der Waals surface area contributed by atoms with Crippen LogP contribution in [0.1, 0.15) is 21.5 Å². The molecule has 0 fully saturated rings. The standard InChI is InChI=1S/C19H19FN4O3S/c1-13-3-6-16(7-4-13)24(28(26)27)18-9-15(5-8-17(18)20)19(25)21-10-14-11-22-23(2)12-14/h3-9,11-12H,10H2,1-2H3,(H,21,25)(H,26,27). The number of anilines is 2. The van der Waals surface area contributed by atoms with Crippen molar-refractivity contribution in [3.05, 3.63) is 77.4 Å². The first kappa shape index (κ1) is 19.7. The summed E-state index contributed by atoms with van der Waals surface area (Å²) >= 11 is -2.52. The first-order valence-electron chi connectivity index (χ1n) is 8.38. The normalized spacial score (nSPS) is 11.9. The predicted molar refractivity (Wildman–Crippen MR) is 105 cm³/mol. The van der Waals surface area contributed by atoms with Crippen molar-refractivity contribution < 1.29 is 17.9 Å². The number of benzene rings is 2. The Hall–Kier alpha value is -3.04. The number of aryl methyl sites for hydroxylation is 2. The molecule has 2 N–H and O–H groups in total. The van der Waals surface area contributed by atoms with E-state index < -0.39 is 23.0 Å². The van der Waals surface area contributed by atoms with Crippen LogP contribution in [0.2, 0.25) is 0 Å². The topological polar surface area (TPSA) is 87.5 Å². The Morgan fingerprint density at radius 2 is 2.00 bits per heavy atom. The molecule has 0 bridgehead atoms. The zero-order valence-electron chi connectivity index (χ0n) is 15.3. The molecule has 0 saturated heterocycles. The van der Waals surface area contributed by atoms with E-state index in [2.05, 4.69) is 10.4 Å². The molecule has 1 unspecified atom stereocenters. The summed E-state index contributed by atoms with van der Waals surface area (Å²) in [6.07, 6.45) is 3.40.